The Balaban J connectivity index is 2.25. The van der Waals surface area contributed by atoms with Crippen LogP contribution in [0.2, 0.25) is 0 Å². The van der Waals surface area contributed by atoms with Gasteiger partial charge in [-0.1, -0.05) is 13.8 Å². The van der Waals surface area contributed by atoms with Crippen LogP contribution in [-0.2, 0) is 22.6 Å². The molecule has 4 nitrogen and oxygen atoms in total. The highest BCUT2D eigenvalue weighted by atomic mass is 32.1. The first kappa shape index (κ1) is 15.6. The second kappa shape index (κ2) is 8.58. The summed E-state index contributed by atoms with van der Waals surface area (Å²) in [5.74, 6) is 0.669. The number of aromatic nitrogens is 1. The number of ether oxygens (including phenoxy) is 2. The zero-order valence-electron chi connectivity index (χ0n) is 11.7. The minimum atomic E-state index is 0.110. The Morgan fingerprint density at radius 3 is 2.83 bits per heavy atom. The molecule has 0 aromatic carbocycles. The summed E-state index contributed by atoms with van der Waals surface area (Å²) in [5, 5.41) is 6.57. The van der Waals surface area contributed by atoms with E-state index in [9.17, 15) is 0 Å². The first-order valence-corrected chi connectivity index (χ1v) is 7.24. The van der Waals surface area contributed by atoms with Crippen molar-refractivity contribution < 1.29 is 9.47 Å². The molecule has 5 heteroatoms. The van der Waals surface area contributed by atoms with Gasteiger partial charge < -0.3 is 14.8 Å². The van der Waals surface area contributed by atoms with Gasteiger partial charge >= 0.3 is 0 Å². The Kier molecular flexibility index (Phi) is 7.42. The molecule has 1 rings (SSSR count). The van der Waals surface area contributed by atoms with Gasteiger partial charge in [0.1, 0.15) is 5.01 Å². The van der Waals surface area contributed by atoms with E-state index in [-0.39, 0.29) is 6.10 Å². The molecule has 0 radical (unpaired) electrons. The first-order chi connectivity index (χ1) is 8.61. The van der Waals surface area contributed by atoms with E-state index in [0.717, 1.165) is 23.8 Å². The summed E-state index contributed by atoms with van der Waals surface area (Å²) < 4.78 is 10.6. The predicted molar refractivity (Wildman–Crippen MR) is 74.8 cm³/mol. The molecule has 1 aromatic rings. The molecule has 0 amide bonds. The van der Waals surface area contributed by atoms with Crippen molar-refractivity contribution in [3.8, 4) is 0 Å². The third kappa shape index (κ3) is 6.44. The van der Waals surface area contributed by atoms with Gasteiger partial charge in [0.05, 0.1) is 25.0 Å². The van der Waals surface area contributed by atoms with E-state index in [2.05, 4.69) is 29.5 Å². The molecular weight excluding hydrogens is 248 g/mol. The highest BCUT2D eigenvalue weighted by Gasteiger charge is 2.05. The summed E-state index contributed by atoms with van der Waals surface area (Å²) in [5.41, 5.74) is 1.00. The monoisotopic (exact) mass is 272 g/mol. The Morgan fingerprint density at radius 1 is 1.39 bits per heavy atom. The average molecular weight is 272 g/mol. The fourth-order valence-electron chi connectivity index (χ4n) is 1.47. The van der Waals surface area contributed by atoms with Gasteiger partial charge in [-0.3, -0.25) is 0 Å². The van der Waals surface area contributed by atoms with Crippen LogP contribution in [-0.4, -0.2) is 31.3 Å². The normalized spacial score (nSPS) is 13.2. The highest BCUT2D eigenvalue weighted by molar-refractivity contribution is 7.09. The summed E-state index contributed by atoms with van der Waals surface area (Å²) in [7, 11) is 1.68. The van der Waals surface area contributed by atoms with E-state index in [0.29, 0.717) is 19.1 Å². The SMILES string of the molecule is COCC(C)OCc1csc(CNCC(C)C)n1. The lowest BCUT2D eigenvalue weighted by molar-refractivity contribution is -0.00123. The topological polar surface area (TPSA) is 43.4 Å². The van der Waals surface area contributed by atoms with E-state index in [1.54, 1.807) is 18.4 Å². The van der Waals surface area contributed by atoms with Crippen molar-refractivity contribution in [2.75, 3.05) is 20.3 Å². The van der Waals surface area contributed by atoms with Crippen LogP contribution in [0.5, 0.6) is 0 Å². The van der Waals surface area contributed by atoms with Gasteiger partial charge in [0, 0.05) is 19.0 Å². The Labute approximate surface area is 114 Å². The molecule has 0 spiro atoms. The predicted octanol–water partition coefficient (Wildman–Crippen LogP) is 2.44. The third-order valence-corrected chi connectivity index (χ3v) is 3.24. The summed E-state index contributed by atoms with van der Waals surface area (Å²) in [6, 6.07) is 0. The molecule has 1 aromatic heterocycles. The molecule has 0 aliphatic heterocycles. The third-order valence-electron chi connectivity index (χ3n) is 2.35. The molecule has 0 aliphatic rings. The van der Waals surface area contributed by atoms with Gasteiger partial charge in [0.15, 0.2) is 0 Å². The fourth-order valence-corrected chi connectivity index (χ4v) is 2.22. The molecule has 18 heavy (non-hydrogen) atoms. The average Bonchev–Trinajstić information content (AvgIpc) is 2.74. The van der Waals surface area contributed by atoms with Crippen molar-refractivity contribution in [3.63, 3.8) is 0 Å². The molecule has 1 unspecified atom stereocenters. The highest BCUT2D eigenvalue weighted by Crippen LogP contribution is 2.11. The quantitative estimate of drug-likeness (QED) is 0.750. The van der Waals surface area contributed by atoms with Crippen LogP contribution in [0.1, 0.15) is 31.5 Å². The van der Waals surface area contributed by atoms with Gasteiger partial charge in [-0.25, -0.2) is 4.98 Å². The minimum Gasteiger partial charge on any atom is -0.382 e. The van der Waals surface area contributed by atoms with Crippen molar-refractivity contribution in [3.05, 3.63) is 16.1 Å². The maximum absolute atomic E-state index is 5.62. The standard InChI is InChI=1S/C13H24N2O2S/c1-10(2)5-14-6-13-15-12(9-18-13)8-17-11(3)7-16-4/h9-11,14H,5-8H2,1-4H3. The smallest absolute Gasteiger partial charge is 0.107 e. The number of hydrogen-bond donors (Lipinski definition) is 1. The molecule has 104 valence electrons. The minimum absolute atomic E-state index is 0.110. The largest absolute Gasteiger partial charge is 0.382 e. The lowest BCUT2D eigenvalue weighted by atomic mass is 10.2. The molecule has 0 bridgehead atoms. The van der Waals surface area contributed by atoms with Crippen molar-refractivity contribution in [2.45, 2.75) is 40.0 Å². The maximum Gasteiger partial charge on any atom is 0.107 e. The Hall–Kier alpha value is -0.490. The van der Waals surface area contributed by atoms with Crippen molar-refractivity contribution in [1.29, 1.82) is 0 Å². The summed E-state index contributed by atoms with van der Waals surface area (Å²) >= 11 is 1.68. The van der Waals surface area contributed by atoms with Crippen LogP contribution >= 0.6 is 11.3 Å². The van der Waals surface area contributed by atoms with Gasteiger partial charge in [-0.2, -0.15) is 0 Å². The van der Waals surface area contributed by atoms with Crippen LogP contribution in [0.3, 0.4) is 0 Å². The zero-order valence-corrected chi connectivity index (χ0v) is 12.5. The number of hydrogen-bond acceptors (Lipinski definition) is 5. The van der Waals surface area contributed by atoms with E-state index >= 15 is 0 Å². The number of methoxy groups -OCH3 is 1. The molecule has 1 atom stereocenters. The lowest BCUT2D eigenvalue weighted by Gasteiger charge is -2.10. The van der Waals surface area contributed by atoms with Crippen molar-refractivity contribution in [2.24, 2.45) is 5.92 Å². The lowest BCUT2D eigenvalue weighted by Crippen LogP contribution is -2.19. The van der Waals surface area contributed by atoms with Gasteiger partial charge in [-0.05, 0) is 19.4 Å². The molecule has 1 heterocycles. The summed E-state index contributed by atoms with van der Waals surface area (Å²) in [6.07, 6.45) is 0.110. The Bertz CT molecular complexity index is 329. The first-order valence-electron chi connectivity index (χ1n) is 6.36. The summed E-state index contributed by atoms with van der Waals surface area (Å²) in [6.45, 7) is 9.45. The fraction of sp³-hybridized carbons (Fsp3) is 0.769. The number of thiazole rings is 1. The Morgan fingerprint density at radius 2 is 2.17 bits per heavy atom. The molecule has 0 saturated carbocycles. The second-order valence-electron chi connectivity index (χ2n) is 4.83. The second-order valence-corrected chi connectivity index (χ2v) is 5.78. The van der Waals surface area contributed by atoms with E-state index in [4.69, 9.17) is 9.47 Å². The molecule has 1 N–H and O–H groups in total. The van der Waals surface area contributed by atoms with E-state index in [1.807, 2.05) is 6.92 Å². The van der Waals surface area contributed by atoms with Crippen LogP contribution in [0.4, 0.5) is 0 Å². The van der Waals surface area contributed by atoms with Crippen LogP contribution in [0, 0.1) is 5.92 Å². The van der Waals surface area contributed by atoms with Crippen molar-refractivity contribution >= 4 is 11.3 Å². The molecular formula is C13H24N2O2S. The summed E-state index contributed by atoms with van der Waals surface area (Å²) in [4.78, 5) is 4.53. The molecule has 0 fully saturated rings. The maximum atomic E-state index is 5.62. The van der Waals surface area contributed by atoms with Gasteiger partial charge in [0.2, 0.25) is 0 Å². The number of nitrogens with zero attached hydrogens (tertiary/aromatic N) is 1. The van der Waals surface area contributed by atoms with Crippen LogP contribution in [0.25, 0.3) is 0 Å². The van der Waals surface area contributed by atoms with Gasteiger partial charge in [0.25, 0.3) is 0 Å². The van der Waals surface area contributed by atoms with Gasteiger partial charge in [-0.15, -0.1) is 11.3 Å². The van der Waals surface area contributed by atoms with Crippen molar-refractivity contribution in [1.82, 2.24) is 10.3 Å². The van der Waals surface area contributed by atoms with E-state index < -0.39 is 0 Å². The van der Waals surface area contributed by atoms with E-state index in [1.165, 1.54) is 0 Å². The number of nitrogens with one attached hydrogen (secondary N) is 1. The molecule has 0 saturated heterocycles. The van der Waals surface area contributed by atoms with Crippen LogP contribution in [0.15, 0.2) is 5.38 Å². The number of rotatable bonds is 9. The van der Waals surface area contributed by atoms with Crippen LogP contribution < -0.4 is 5.32 Å². The molecule has 0 aliphatic carbocycles. The zero-order chi connectivity index (χ0) is 13.4.